The third kappa shape index (κ3) is 2.91. The van der Waals surface area contributed by atoms with Crippen LogP contribution in [0.4, 0.5) is 5.69 Å². The molecule has 0 unspecified atom stereocenters. The summed E-state index contributed by atoms with van der Waals surface area (Å²) in [5.74, 6) is 5.97. The molecular formula is C13H21N3O2S. The van der Waals surface area contributed by atoms with Crippen LogP contribution in [0.25, 0.3) is 0 Å². The number of sulfonamides is 1. The fraction of sp³-hybridized carbons (Fsp3) is 0.538. The summed E-state index contributed by atoms with van der Waals surface area (Å²) in [7, 11) is -3.45. The number of rotatable bonds is 4. The van der Waals surface area contributed by atoms with E-state index in [1.54, 1.807) is 26.0 Å². The van der Waals surface area contributed by atoms with Gasteiger partial charge in [-0.15, -0.1) is 0 Å². The van der Waals surface area contributed by atoms with Crippen LogP contribution < -0.4 is 16.0 Å². The summed E-state index contributed by atoms with van der Waals surface area (Å²) in [4.78, 5) is 0.367. The second kappa shape index (κ2) is 5.11. The van der Waals surface area contributed by atoms with Crippen molar-refractivity contribution in [3.05, 3.63) is 23.3 Å². The quantitative estimate of drug-likeness (QED) is 0.579. The number of hydrogen-bond acceptors (Lipinski definition) is 4. The number of nitrogens with two attached hydrogens (primary N) is 1. The van der Waals surface area contributed by atoms with Gasteiger partial charge in [-0.1, -0.05) is 6.92 Å². The molecule has 106 valence electrons. The van der Waals surface area contributed by atoms with Crippen LogP contribution in [0, 0.1) is 19.8 Å². The molecule has 0 atom stereocenters. The molecule has 1 fully saturated rings. The Morgan fingerprint density at radius 1 is 1.21 bits per heavy atom. The van der Waals surface area contributed by atoms with Crippen molar-refractivity contribution in [2.75, 3.05) is 5.43 Å². The Bertz CT molecular complexity index is 555. The highest BCUT2D eigenvalue weighted by molar-refractivity contribution is 7.89. The van der Waals surface area contributed by atoms with Crippen LogP contribution in [0.5, 0.6) is 0 Å². The molecule has 0 heterocycles. The summed E-state index contributed by atoms with van der Waals surface area (Å²) in [5, 5.41) is 0. The molecule has 0 spiro atoms. The zero-order valence-electron chi connectivity index (χ0n) is 11.5. The Kier molecular flexibility index (Phi) is 3.85. The van der Waals surface area contributed by atoms with E-state index in [9.17, 15) is 8.42 Å². The molecule has 19 heavy (non-hydrogen) atoms. The van der Waals surface area contributed by atoms with Gasteiger partial charge < -0.3 is 5.43 Å². The third-order valence-electron chi connectivity index (χ3n) is 3.59. The van der Waals surface area contributed by atoms with Gasteiger partial charge in [-0.2, -0.15) is 0 Å². The predicted molar refractivity (Wildman–Crippen MR) is 76.2 cm³/mol. The molecule has 1 aromatic carbocycles. The highest BCUT2D eigenvalue weighted by atomic mass is 32.2. The van der Waals surface area contributed by atoms with Gasteiger partial charge >= 0.3 is 0 Å². The van der Waals surface area contributed by atoms with Gasteiger partial charge in [0, 0.05) is 11.7 Å². The molecule has 1 aliphatic carbocycles. The van der Waals surface area contributed by atoms with E-state index in [1.165, 1.54) is 0 Å². The molecule has 0 bridgehead atoms. The minimum absolute atomic E-state index is 0.0751. The van der Waals surface area contributed by atoms with Crippen molar-refractivity contribution < 1.29 is 8.42 Å². The lowest BCUT2D eigenvalue weighted by atomic mass is 9.83. The predicted octanol–water partition coefficient (Wildman–Crippen LogP) is 1.67. The molecule has 0 amide bonds. The van der Waals surface area contributed by atoms with Crippen LogP contribution in [0.15, 0.2) is 17.0 Å². The summed E-state index contributed by atoms with van der Waals surface area (Å²) in [5.41, 5.74) is 4.66. The molecule has 0 radical (unpaired) electrons. The van der Waals surface area contributed by atoms with Crippen LogP contribution in [0.2, 0.25) is 0 Å². The Balaban J connectivity index is 2.30. The molecule has 1 saturated carbocycles. The smallest absolute Gasteiger partial charge is 0.241 e. The second-order valence-corrected chi connectivity index (χ2v) is 7.13. The summed E-state index contributed by atoms with van der Waals surface area (Å²) in [6, 6.07) is 3.56. The van der Waals surface area contributed by atoms with Gasteiger partial charge in [0.25, 0.3) is 0 Å². The summed E-state index contributed by atoms with van der Waals surface area (Å²) < 4.78 is 27.6. The van der Waals surface area contributed by atoms with Crippen LogP contribution in [0.3, 0.4) is 0 Å². The van der Waals surface area contributed by atoms with Crippen LogP contribution in [-0.2, 0) is 10.0 Å². The van der Waals surface area contributed by atoms with Crippen molar-refractivity contribution in [2.45, 2.75) is 44.6 Å². The van der Waals surface area contributed by atoms with Crippen LogP contribution in [0.1, 0.15) is 30.9 Å². The molecule has 6 heteroatoms. The van der Waals surface area contributed by atoms with Gasteiger partial charge in [0.05, 0.1) is 4.90 Å². The van der Waals surface area contributed by atoms with E-state index >= 15 is 0 Å². The fourth-order valence-electron chi connectivity index (χ4n) is 2.73. The van der Waals surface area contributed by atoms with Gasteiger partial charge in [-0.25, -0.2) is 13.1 Å². The SMILES string of the molecule is Cc1cc(NN)cc(C)c1S(=O)(=O)NC1CC(C)C1. The Morgan fingerprint density at radius 2 is 1.74 bits per heavy atom. The molecule has 2 rings (SSSR count). The van der Waals surface area contributed by atoms with E-state index in [4.69, 9.17) is 5.84 Å². The van der Waals surface area contributed by atoms with Crippen LogP contribution >= 0.6 is 0 Å². The van der Waals surface area contributed by atoms with E-state index < -0.39 is 10.0 Å². The maximum absolute atomic E-state index is 12.4. The standard InChI is InChI=1S/C13H21N3O2S/c1-8-4-12(5-8)16-19(17,18)13-9(2)6-11(15-14)7-10(13)3/h6-8,12,15-16H,4-5,14H2,1-3H3. The van der Waals surface area contributed by atoms with Gasteiger partial charge in [0.2, 0.25) is 10.0 Å². The van der Waals surface area contributed by atoms with Crippen molar-refractivity contribution in [3.8, 4) is 0 Å². The summed E-state index contributed by atoms with van der Waals surface area (Å²) in [6.07, 6.45) is 1.83. The normalized spacial score (nSPS) is 22.9. The first-order valence-corrected chi connectivity index (χ1v) is 7.92. The minimum Gasteiger partial charge on any atom is -0.324 e. The lowest BCUT2D eigenvalue weighted by Gasteiger charge is -2.33. The lowest BCUT2D eigenvalue weighted by Crippen LogP contribution is -2.43. The number of benzene rings is 1. The maximum atomic E-state index is 12.4. The number of nitrogen functional groups attached to an aromatic ring is 1. The van der Waals surface area contributed by atoms with E-state index in [-0.39, 0.29) is 6.04 Å². The van der Waals surface area contributed by atoms with E-state index in [1.807, 2.05) is 0 Å². The number of anilines is 1. The van der Waals surface area contributed by atoms with Crippen molar-refractivity contribution in [3.63, 3.8) is 0 Å². The average molecular weight is 283 g/mol. The third-order valence-corrected chi connectivity index (χ3v) is 5.42. The zero-order chi connectivity index (χ0) is 14.2. The molecule has 0 saturated heterocycles. The highest BCUT2D eigenvalue weighted by Gasteiger charge is 2.31. The monoisotopic (exact) mass is 283 g/mol. The topological polar surface area (TPSA) is 84.2 Å². The van der Waals surface area contributed by atoms with Crippen LogP contribution in [-0.4, -0.2) is 14.5 Å². The van der Waals surface area contributed by atoms with Crippen molar-refractivity contribution in [1.82, 2.24) is 4.72 Å². The summed E-state index contributed by atoms with van der Waals surface area (Å²) in [6.45, 7) is 5.70. The minimum atomic E-state index is -3.45. The lowest BCUT2D eigenvalue weighted by molar-refractivity contribution is 0.270. The van der Waals surface area contributed by atoms with E-state index in [2.05, 4.69) is 17.1 Å². The number of hydrogen-bond donors (Lipinski definition) is 3. The van der Waals surface area contributed by atoms with Gasteiger partial charge in [-0.05, 0) is 55.9 Å². The Labute approximate surface area is 114 Å². The first-order valence-electron chi connectivity index (χ1n) is 6.43. The fourth-order valence-corrected chi connectivity index (χ4v) is 4.45. The largest absolute Gasteiger partial charge is 0.324 e. The van der Waals surface area contributed by atoms with Gasteiger partial charge in [-0.3, -0.25) is 5.84 Å². The number of nitrogens with one attached hydrogen (secondary N) is 2. The molecule has 0 aromatic heterocycles. The molecule has 0 aliphatic heterocycles. The number of aryl methyl sites for hydroxylation is 2. The molecule has 4 N–H and O–H groups in total. The first-order chi connectivity index (χ1) is 8.83. The van der Waals surface area contributed by atoms with Crippen molar-refractivity contribution >= 4 is 15.7 Å². The molecule has 1 aromatic rings. The van der Waals surface area contributed by atoms with E-state index in [0.717, 1.165) is 12.8 Å². The molecule has 5 nitrogen and oxygen atoms in total. The summed E-state index contributed by atoms with van der Waals surface area (Å²) >= 11 is 0. The molecule has 1 aliphatic rings. The number of hydrazine groups is 1. The Morgan fingerprint density at radius 3 is 2.16 bits per heavy atom. The van der Waals surface area contributed by atoms with Crippen molar-refractivity contribution in [1.29, 1.82) is 0 Å². The zero-order valence-corrected chi connectivity index (χ0v) is 12.3. The Hall–Kier alpha value is -1.11. The highest BCUT2D eigenvalue weighted by Crippen LogP contribution is 2.30. The average Bonchev–Trinajstić information content (AvgIpc) is 2.25. The van der Waals surface area contributed by atoms with E-state index in [0.29, 0.717) is 27.6 Å². The van der Waals surface area contributed by atoms with Gasteiger partial charge in [0.1, 0.15) is 0 Å². The van der Waals surface area contributed by atoms with Gasteiger partial charge in [0.15, 0.2) is 0 Å². The first kappa shape index (κ1) is 14.3. The molecular weight excluding hydrogens is 262 g/mol. The second-order valence-electron chi connectivity index (χ2n) is 5.48. The maximum Gasteiger partial charge on any atom is 0.241 e. The van der Waals surface area contributed by atoms with Crippen molar-refractivity contribution in [2.24, 2.45) is 11.8 Å².